The van der Waals surface area contributed by atoms with Crippen molar-refractivity contribution in [3.8, 4) is 0 Å². The van der Waals surface area contributed by atoms with Crippen molar-refractivity contribution in [1.29, 1.82) is 0 Å². The van der Waals surface area contributed by atoms with Crippen LogP contribution in [0.3, 0.4) is 0 Å². The lowest BCUT2D eigenvalue weighted by molar-refractivity contribution is -0.143. The molecule has 0 aliphatic rings. The summed E-state index contributed by atoms with van der Waals surface area (Å²) in [5, 5.41) is 19.9. The Hall–Kier alpha value is -1.51. The molecule has 0 amide bonds. The second kappa shape index (κ2) is 9.43. The zero-order valence-corrected chi connectivity index (χ0v) is 12.9. The molecule has 8 heteroatoms. The SMILES string of the molecule is CCN(CC)CCNC(C(=O)OC)c1cn(CCO)nn1. The van der Waals surface area contributed by atoms with Crippen LogP contribution in [0.15, 0.2) is 6.20 Å². The van der Waals surface area contributed by atoms with Crippen LogP contribution in [0.1, 0.15) is 25.6 Å². The van der Waals surface area contributed by atoms with E-state index in [9.17, 15) is 4.79 Å². The molecule has 0 saturated carbocycles. The molecular formula is C13H25N5O3. The second-order valence-electron chi connectivity index (χ2n) is 4.57. The standard InChI is InChI=1S/C13H25N5O3/c1-4-17(5-2)7-6-14-12(13(20)21-3)11-10-18(8-9-19)16-15-11/h10,12,14,19H,4-9H2,1-3H3. The Labute approximate surface area is 125 Å². The highest BCUT2D eigenvalue weighted by Gasteiger charge is 2.24. The van der Waals surface area contributed by atoms with Crippen LogP contribution < -0.4 is 5.32 Å². The van der Waals surface area contributed by atoms with E-state index in [1.54, 1.807) is 6.20 Å². The zero-order valence-electron chi connectivity index (χ0n) is 12.9. The number of hydrogen-bond acceptors (Lipinski definition) is 7. The molecule has 0 aromatic carbocycles. The first-order chi connectivity index (χ1) is 10.2. The van der Waals surface area contributed by atoms with Crippen molar-refractivity contribution in [2.45, 2.75) is 26.4 Å². The van der Waals surface area contributed by atoms with Gasteiger partial charge in [-0.2, -0.15) is 0 Å². The number of hydrogen-bond donors (Lipinski definition) is 2. The largest absolute Gasteiger partial charge is 0.468 e. The van der Waals surface area contributed by atoms with Gasteiger partial charge in [0.05, 0.1) is 26.5 Å². The minimum absolute atomic E-state index is 0.0267. The molecular weight excluding hydrogens is 274 g/mol. The van der Waals surface area contributed by atoms with Crippen LogP contribution in [0.5, 0.6) is 0 Å². The fraction of sp³-hybridized carbons (Fsp3) is 0.769. The van der Waals surface area contributed by atoms with Gasteiger partial charge in [-0.05, 0) is 13.1 Å². The Kier molecular flexibility index (Phi) is 7.88. The monoisotopic (exact) mass is 299 g/mol. The van der Waals surface area contributed by atoms with Gasteiger partial charge >= 0.3 is 5.97 Å². The first-order valence-electron chi connectivity index (χ1n) is 7.20. The van der Waals surface area contributed by atoms with Crippen LogP contribution in [-0.4, -0.2) is 70.9 Å². The van der Waals surface area contributed by atoms with Gasteiger partial charge in [0.2, 0.25) is 0 Å². The summed E-state index contributed by atoms with van der Waals surface area (Å²) in [5.41, 5.74) is 0.495. The predicted molar refractivity (Wildman–Crippen MR) is 77.7 cm³/mol. The Morgan fingerprint density at radius 1 is 1.52 bits per heavy atom. The van der Waals surface area contributed by atoms with Crippen molar-refractivity contribution >= 4 is 5.97 Å². The van der Waals surface area contributed by atoms with E-state index in [-0.39, 0.29) is 6.61 Å². The summed E-state index contributed by atoms with van der Waals surface area (Å²) in [5.74, 6) is -0.398. The molecule has 0 bridgehead atoms. The molecule has 0 aliphatic heterocycles. The number of nitrogens with one attached hydrogen (secondary N) is 1. The molecule has 0 radical (unpaired) electrons. The molecule has 2 N–H and O–H groups in total. The molecule has 0 spiro atoms. The van der Waals surface area contributed by atoms with E-state index in [1.165, 1.54) is 11.8 Å². The first kappa shape index (κ1) is 17.5. The zero-order chi connectivity index (χ0) is 15.7. The Bertz CT molecular complexity index is 420. The third kappa shape index (κ3) is 5.41. The van der Waals surface area contributed by atoms with Crippen LogP contribution in [-0.2, 0) is 16.1 Å². The maximum Gasteiger partial charge on any atom is 0.329 e. The van der Waals surface area contributed by atoms with Gasteiger partial charge in [0, 0.05) is 13.1 Å². The number of methoxy groups -OCH3 is 1. The van der Waals surface area contributed by atoms with Crippen molar-refractivity contribution in [3.63, 3.8) is 0 Å². The highest BCUT2D eigenvalue weighted by atomic mass is 16.5. The number of aliphatic hydroxyl groups excluding tert-OH is 1. The molecule has 0 aliphatic carbocycles. The Balaban J connectivity index is 2.64. The fourth-order valence-corrected chi connectivity index (χ4v) is 1.99. The van der Waals surface area contributed by atoms with Crippen LogP contribution in [0.2, 0.25) is 0 Å². The van der Waals surface area contributed by atoms with Gasteiger partial charge in [0.15, 0.2) is 6.04 Å². The number of rotatable bonds is 10. The molecule has 1 aromatic heterocycles. The summed E-state index contributed by atoms with van der Waals surface area (Å²) in [6.07, 6.45) is 1.64. The molecule has 0 fully saturated rings. The molecule has 8 nitrogen and oxygen atoms in total. The van der Waals surface area contributed by atoms with Gasteiger partial charge in [0.1, 0.15) is 5.69 Å². The lowest BCUT2D eigenvalue weighted by Gasteiger charge is -2.20. The number of ether oxygens (including phenoxy) is 1. The average molecular weight is 299 g/mol. The number of carbonyl (C=O) groups excluding carboxylic acids is 1. The van der Waals surface area contributed by atoms with Gasteiger partial charge < -0.3 is 14.7 Å². The summed E-state index contributed by atoms with van der Waals surface area (Å²) in [7, 11) is 1.35. The molecule has 1 rings (SSSR count). The van der Waals surface area contributed by atoms with Gasteiger partial charge in [-0.3, -0.25) is 5.32 Å². The van der Waals surface area contributed by atoms with Crippen LogP contribution >= 0.6 is 0 Å². The van der Waals surface area contributed by atoms with Crippen molar-refractivity contribution < 1.29 is 14.6 Å². The minimum Gasteiger partial charge on any atom is -0.468 e. The normalized spacial score (nSPS) is 12.6. The third-order valence-corrected chi connectivity index (χ3v) is 3.29. The van der Waals surface area contributed by atoms with Crippen molar-refractivity contribution in [2.75, 3.05) is 39.9 Å². The van der Waals surface area contributed by atoms with Crippen molar-refractivity contribution in [3.05, 3.63) is 11.9 Å². The number of aromatic nitrogens is 3. The quantitative estimate of drug-likeness (QED) is 0.558. The maximum absolute atomic E-state index is 11.9. The summed E-state index contributed by atoms with van der Waals surface area (Å²) in [6.45, 7) is 7.94. The lowest BCUT2D eigenvalue weighted by atomic mass is 10.2. The molecule has 1 aromatic rings. The smallest absolute Gasteiger partial charge is 0.329 e. The predicted octanol–water partition coefficient (Wildman–Crippen LogP) is -0.584. The number of esters is 1. The lowest BCUT2D eigenvalue weighted by Crippen LogP contribution is -2.37. The first-order valence-corrected chi connectivity index (χ1v) is 7.20. The van der Waals surface area contributed by atoms with Crippen molar-refractivity contribution in [2.24, 2.45) is 0 Å². The van der Waals surface area contributed by atoms with Crippen LogP contribution in [0, 0.1) is 0 Å². The van der Waals surface area contributed by atoms with Gasteiger partial charge in [-0.25, -0.2) is 9.48 Å². The van der Waals surface area contributed by atoms with Crippen LogP contribution in [0.4, 0.5) is 0 Å². The molecule has 1 atom stereocenters. The third-order valence-electron chi connectivity index (χ3n) is 3.29. The Morgan fingerprint density at radius 3 is 2.81 bits per heavy atom. The van der Waals surface area contributed by atoms with E-state index in [0.717, 1.165) is 19.6 Å². The number of aliphatic hydroxyl groups is 1. The van der Waals surface area contributed by atoms with Gasteiger partial charge in [-0.15, -0.1) is 5.10 Å². The molecule has 0 saturated heterocycles. The molecule has 1 unspecified atom stereocenters. The summed E-state index contributed by atoms with van der Waals surface area (Å²) < 4.78 is 6.30. The van der Waals surface area contributed by atoms with Crippen molar-refractivity contribution in [1.82, 2.24) is 25.2 Å². The van der Waals surface area contributed by atoms with Gasteiger partial charge in [0.25, 0.3) is 0 Å². The molecule has 21 heavy (non-hydrogen) atoms. The fourth-order valence-electron chi connectivity index (χ4n) is 1.99. The summed E-state index contributed by atoms with van der Waals surface area (Å²) in [4.78, 5) is 14.1. The van der Waals surface area contributed by atoms with E-state index >= 15 is 0 Å². The Morgan fingerprint density at radius 2 is 2.24 bits per heavy atom. The molecule has 120 valence electrons. The molecule has 1 heterocycles. The number of likely N-dealkylation sites (N-methyl/N-ethyl adjacent to an activating group) is 1. The van der Waals surface area contributed by atoms with E-state index in [4.69, 9.17) is 9.84 Å². The average Bonchev–Trinajstić information content (AvgIpc) is 2.95. The highest BCUT2D eigenvalue weighted by molar-refractivity contribution is 5.76. The number of nitrogens with zero attached hydrogens (tertiary/aromatic N) is 4. The maximum atomic E-state index is 11.9. The highest BCUT2D eigenvalue weighted by Crippen LogP contribution is 2.10. The minimum atomic E-state index is -0.641. The topological polar surface area (TPSA) is 92.5 Å². The second-order valence-corrected chi connectivity index (χ2v) is 4.57. The van der Waals surface area contributed by atoms with E-state index in [1.807, 2.05) is 0 Å². The van der Waals surface area contributed by atoms with E-state index in [2.05, 4.69) is 34.4 Å². The summed E-state index contributed by atoms with van der Waals surface area (Å²) in [6, 6.07) is -0.641. The summed E-state index contributed by atoms with van der Waals surface area (Å²) >= 11 is 0. The van der Waals surface area contributed by atoms with E-state index in [0.29, 0.717) is 18.8 Å². The number of carbonyl (C=O) groups is 1. The van der Waals surface area contributed by atoms with Crippen LogP contribution in [0.25, 0.3) is 0 Å². The van der Waals surface area contributed by atoms with E-state index < -0.39 is 12.0 Å². The van der Waals surface area contributed by atoms with Gasteiger partial charge in [-0.1, -0.05) is 19.1 Å².